The summed E-state index contributed by atoms with van der Waals surface area (Å²) in [5, 5.41) is 5.87. The topological polar surface area (TPSA) is 50.1 Å². The minimum absolute atomic E-state index is 0.584. The molecule has 0 saturated carbocycles. The van der Waals surface area contributed by atoms with Gasteiger partial charge in [0.1, 0.15) is 0 Å². The highest BCUT2D eigenvalue weighted by Crippen LogP contribution is 2.29. The molecule has 0 bridgehead atoms. The Bertz CT molecular complexity index is 994. The molecule has 6 nitrogen and oxygen atoms in total. The number of nitrogens with zero attached hydrogens (tertiary/aromatic N) is 6. The summed E-state index contributed by atoms with van der Waals surface area (Å²) in [7, 11) is 0. The Labute approximate surface area is 180 Å². The second-order valence-electron chi connectivity index (χ2n) is 6.93. The summed E-state index contributed by atoms with van der Waals surface area (Å²) >= 11 is 12.5. The monoisotopic (exact) mass is 428 g/mol. The molecule has 1 aliphatic heterocycles. The summed E-state index contributed by atoms with van der Waals surface area (Å²) in [6.07, 6.45) is 9.58. The number of benzene rings is 1. The first-order chi connectivity index (χ1) is 14.1. The van der Waals surface area contributed by atoms with Crippen LogP contribution in [0, 0.1) is 6.92 Å². The lowest BCUT2D eigenvalue weighted by molar-refractivity contribution is 0.284. The highest BCUT2D eigenvalue weighted by Gasteiger charge is 2.18. The SMILES string of the molecule is Cc1c(C=CCN2CCN(c3cc(Cl)ccc3Cl)CC2)cnn1-c1ncccn1. The molecule has 0 radical (unpaired) electrons. The van der Waals surface area contributed by atoms with Crippen molar-refractivity contribution >= 4 is 35.0 Å². The zero-order valence-electron chi connectivity index (χ0n) is 16.2. The molecule has 1 saturated heterocycles. The van der Waals surface area contributed by atoms with Gasteiger partial charge in [-0.2, -0.15) is 5.10 Å². The summed E-state index contributed by atoms with van der Waals surface area (Å²) in [6, 6.07) is 7.42. The zero-order chi connectivity index (χ0) is 20.2. The average molecular weight is 429 g/mol. The molecule has 1 aromatic carbocycles. The molecule has 1 aliphatic rings. The summed E-state index contributed by atoms with van der Waals surface area (Å²) in [6.45, 7) is 6.72. The molecule has 150 valence electrons. The summed E-state index contributed by atoms with van der Waals surface area (Å²) in [5.74, 6) is 0.584. The van der Waals surface area contributed by atoms with Gasteiger partial charge >= 0.3 is 0 Å². The first kappa shape index (κ1) is 19.9. The molecule has 3 aromatic rings. The third-order valence-corrected chi connectivity index (χ3v) is 5.63. The van der Waals surface area contributed by atoms with E-state index in [1.54, 1.807) is 23.1 Å². The minimum atomic E-state index is 0.584. The number of piperazine rings is 1. The van der Waals surface area contributed by atoms with Crippen molar-refractivity contribution in [3.8, 4) is 5.95 Å². The fourth-order valence-corrected chi connectivity index (χ4v) is 3.82. The van der Waals surface area contributed by atoms with Crippen LogP contribution in [-0.2, 0) is 0 Å². The Morgan fingerprint density at radius 3 is 2.59 bits per heavy atom. The average Bonchev–Trinajstić information content (AvgIpc) is 3.11. The molecule has 3 heterocycles. The standard InChI is InChI=1S/C21H22Cl2N6/c1-16-17(15-26-29(16)21-24-7-3-8-25-21)4-2-9-27-10-12-28(13-11-27)20-14-18(22)5-6-19(20)23/h2-8,14-15H,9-13H2,1H3. The predicted octanol–water partition coefficient (Wildman–Crippen LogP) is 4.11. The molecule has 0 aliphatic carbocycles. The van der Waals surface area contributed by atoms with Gasteiger partial charge in [0, 0.05) is 55.7 Å². The Balaban J connectivity index is 1.33. The van der Waals surface area contributed by atoms with Crippen LogP contribution in [0.3, 0.4) is 0 Å². The molecule has 1 fully saturated rings. The molecule has 2 aromatic heterocycles. The molecule has 8 heteroatoms. The quantitative estimate of drug-likeness (QED) is 0.611. The van der Waals surface area contributed by atoms with E-state index in [4.69, 9.17) is 23.2 Å². The van der Waals surface area contributed by atoms with Gasteiger partial charge in [-0.3, -0.25) is 4.90 Å². The number of hydrogen-bond acceptors (Lipinski definition) is 5. The summed E-state index contributed by atoms with van der Waals surface area (Å²) in [5.41, 5.74) is 3.11. The first-order valence-electron chi connectivity index (χ1n) is 9.53. The van der Waals surface area contributed by atoms with Gasteiger partial charge in [-0.1, -0.05) is 35.4 Å². The molecule has 0 atom stereocenters. The Kier molecular flexibility index (Phi) is 6.13. The van der Waals surface area contributed by atoms with Crippen LogP contribution in [0.2, 0.25) is 10.0 Å². The fraction of sp³-hybridized carbons (Fsp3) is 0.286. The normalized spacial score (nSPS) is 15.3. The molecule has 29 heavy (non-hydrogen) atoms. The van der Waals surface area contributed by atoms with E-state index in [0.29, 0.717) is 11.0 Å². The second kappa shape index (κ2) is 8.95. The van der Waals surface area contributed by atoms with Crippen LogP contribution in [0.5, 0.6) is 0 Å². The van der Waals surface area contributed by atoms with Crippen molar-refractivity contribution in [2.24, 2.45) is 0 Å². The maximum Gasteiger partial charge on any atom is 0.250 e. The van der Waals surface area contributed by atoms with Crippen LogP contribution in [0.4, 0.5) is 5.69 Å². The largest absolute Gasteiger partial charge is 0.368 e. The van der Waals surface area contributed by atoms with Gasteiger partial charge in [0.05, 0.1) is 22.6 Å². The number of anilines is 1. The highest BCUT2D eigenvalue weighted by atomic mass is 35.5. The van der Waals surface area contributed by atoms with Gasteiger partial charge in [0.15, 0.2) is 0 Å². The van der Waals surface area contributed by atoms with Crippen LogP contribution >= 0.6 is 23.2 Å². The van der Waals surface area contributed by atoms with Gasteiger partial charge in [0.2, 0.25) is 0 Å². The Morgan fingerprint density at radius 1 is 1.07 bits per heavy atom. The van der Waals surface area contributed by atoms with Crippen molar-refractivity contribution in [1.82, 2.24) is 24.6 Å². The Morgan fingerprint density at radius 2 is 1.83 bits per heavy atom. The van der Waals surface area contributed by atoms with E-state index in [1.165, 1.54) is 0 Å². The maximum atomic E-state index is 6.34. The number of rotatable bonds is 5. The van der Waals surface area contributed by atoms with E-state index in [1.807, 2.05) is 31.3 Å². The summed E-state index contributed by atoms with van der Waals surface area (Å²) < 4.78 is 1.76. The van der Waals surface area contributed by atoms with Crippen LogP contribution in [0.15, 0.2) is 48.9 Å². The van der Waals surface area contributed by atoms with Crippen molar-refractivity contribution in [3.63, 3.8) is 0 Å². The number of halogens is 2. The molecular formula is C21H22Cl2N6. The van der Waals surface area contributed by atoms with Crippen LogP contribution in [0.1, 0.15) is 11.3 Å². The van der Waals surface area contributed by atoms with Crippen LogP contribution < -0.4 is 4.90 Å². The van der Waals surface area contributed by atoms with Crippen molar-refractivity contribution < 1.29 is 0 Å². The smallest absolute Gasteiger partial charge is 0.250 e. The highest BCUT2D eigenvalue weighted by molar-refractivity contribution is 6.35. The van der Waals surface area contributed by atoms with Crippen molar-refractivity contribution in [3.05, 3.63) is 70.2 Å². The lowest BCUT2D eigenvalue weighted by Crippen LogP contribution is -2.46. The second-order valence-corrected chi connectivity index (χ2v) is 7.78. The minimum Gasteiger partial charge on any atom is -0.368 e. The van der Waals surface area contributed by atoms with E-state index in [-0.39, 0.29) is 0 Å². The van der Waals surface area contributed by atoms with E-state index >= 15 is 0 Å². The van der Waals surface area contributed by atoms with Gasteiger partial charge in [-0.15, -0.1) is 0 Å². The number of hydrogen-bond donors (Lipinski definition) is 0. The molecule has 0 N–H and O–H groups in total. The number of aromatic nitrogens is 4. The summed E-state index contributed by atoms with van der Waals surface area (Å²) in [4.78, 5) is 13.2. The Hall–Kier alpha value is -2.41. The van der Waals surface area contributed by atoms with E-state index < -0.39 is 0 Å². The van der Waals surface area contributed by atoms with E-state index in [2.05, 4.69) is 37.0 Å². The lowest BCUT2D eigenvalue weighted by atomic mass is 10.2. The lowest BCUT2D eigenvalue weighted by Gasteiger charge is -2.36. The third kappa shape index (κ3) is 4.61. The van der Waals surface area contributed by atoms with E-state index in [0.717, 1.165) is 54.7 Å². The van der Waals surface area contributed by atoms with Crippen molar-refractivity contribution in [2.75, 3.05) is 37.6 Å². The molecule has 0 amide bonds. The molecule has 4 rings (SSSR count). The van der Waals surface area contributed by atoms with Gasteiger partial charge in [0.25, 0.3) is 5.95 Å². The maximum absolute atomic E-state index is 6.34. The molecule has 0 spiro atoms. The van der Waals surface area contributed by atoms with E-state index in [9.17, 15) is 0 Å². The first-order valence-corrected chi connectivity index (χ1v) is 10.3. The molecule has 0 unspecified atom stereocenters. The van der Waals surface area contributed by atoms with Crippen molar-refractivity contribution in [1.29, 1.82) is 0 Å². The predicted molar refractivity (Wildman–Crippen MR) is 118 cm³/mol. The van der Waals surface area contributed by atoms with Crippen molar-refractivity contribution in [2.45, 2.75) is 6.92 Å². The zero-order valence-corrected chi connectivity index (χ0v) is 17.7. The van der Waals surface area contributed by atoms with Gasteiger partial charge in [-0.25, -0.2) is 14.6 Å². The molecular weight excluding hydrogens is 407 g/mol. The van der Waals surface area contributed by atoms with Gasteiger partial charge in [-0.05, 0) is 31.2 Å². The van der Waals surface area contributed by atoms with Gasteiger partial charge < -0.3 is 4.90 Å². The van der Waals surface area contributed by atoms with Crippen LogP contribution in [0.25, 0.3) is 12.0 Å². The third-order valence-electron chi connectivity index (χ3n) is 5.07. The fourth-order valence-electron chi connectivity index (χ4n) is 3.42. The van der Waals surface area contributed by atoms with Crippen LogP contribution in [-0.4, -0.2) is 57.4 Å².